The maximum Gasteiger partial charge on any atom is 0.408 e. The fraction of sp³-hybridized carbons (Fsp3) is 0.382. The van der Waals surface area contributed by atoms with E-state index in [0.29, 0.717) is 38.9 Å². The number of ether oxygens (including phenoxy) is 1. The molecule has 3 aromatic rings. The summed E-state index contributed by atoms with van der Waals surface area (Å²) in [5, 5.41) is 12.9. The van der Waals surface area contributed by atoms with Gasteiger partial charge in [0.1, 0.15) is 18.2 Å². The number of carboxylic acids is 1. The third kappa shape index (κ3) is 5.51. The SMILES string of the molecule is O=C(NC1(C(=O)N2CCCC[C@@H]2C(=O)O)CCN(Cc2ccccc2)CC1)OCC1c2ccccc2-c2ccccc21. The van der Waals surface area contributed by atoms with Crippen molar-refractivity contribution in [1.82, 2.24) is 15.1 Å². The molecule has 0 spiro atoms. The van der Waals surface area contributed by atoms with Gasteiger partial charge >= 0.3 is 12.1 Å². The molecule has 0 saturated carbocycles. The van der Waals surface area contributed by atoms with Crippen LogP contribution in [0.15, 0.2) is 78.9 Å². The molecular weight excluding hydrogens is 530 g/mol. The van der Waals surface area contributed by atoms with E-state index in [1.165, 1.54) is 10.5 Å². The summed E-state index contributed by atoms with van der Waals surface area (Å²) in [7, 11) is 0. The number of carbonyl (C=O) groups excluding carboxylic acids is 2. The Kier molecular flexibility index (Phi) is 7.98. The van der Waals surface area contributed by atoms with E-state index in [4.69, 9.17) is 4.74 Å². The molecule has 8 heteroatoms. The number of piperidine rings is 2. The van der Waals surface area contributed by atoms with Gasteiger partial charge in [-0.25, -0.2) is 9.59 Å². The van der Waals surface area contributed by atoms with E-state index in [2.05, 4.69) is 46.6 Å². The quantitative estimate of drug-likeness (QED) is 0.416. The molecular formula is C34H37N3O5. The van der Waals surface area contributed by atoms with Gasteiger partial charge in [-0.2, -0.15) is 0 Å². The van der Waals surface area contributed by atoms with E-state index in [9.17, 15) is 19.5 Å². The van der Waals surface area contributed by atoms with Gasteiger partial charge < -0.3 is 20.1 Å². The summed E-state index contributed by atoms with van der Waals surface area (Å²) in [6.45, 7) is 2.45. The molecule has 6 rings (SSSR count). The lowest BCUT2D eigenvalue weighted by atomic mass is 9.84. The molecule has 1 aliphatic carbocycles. The molecule has 2 fully saturated rings. The number of carbonyl (C=O) groups is 3. The van der Waals surface area contributed by atoms with Crippen molar-refractivity contribution in [2.45, 2.75) is 56.1 Å². The van der Waals surface area contributed by atoms with E-state index >= 15 is 0 Å². The summed E-state index contributed by atoms with van der Waals surface area (Å²) in [4.78, 5) is 43.4. The molecule has 3 aromatic carbocycles. The lowest BCUT2D eigenvalue weighted by molar-refractivity contribution is -0.156. The third-order valence-corrected chi connectivity index (χ3v) is 9.10. The maximum absolute atomic E-state index is 14.2. The highest BCUT2D eigenvalue weighted by atomic mass is 16.5. The molecule has 2 saturated heterocycles. The molecule has 0 unspecified atom stereocenters. The predicted octanol–water partition coefficient (Wildman–Crippen LogP) is 5.03. The van der Waals surface area contributed by atoms with Gasteiger partial charge in [-0.05, 0) is 59.9 Å². The van der Waals surface area contributed by atoms with Gasteiger partial charge in [-0.15, -0.1) is 0 Å². The van der Waals surface area contributed by atoms with E-state index < -0.39 is 23.6 Å². The summed E-state index contributed by atoms with van der Waals surface area (Å²) in [6, 6.07) is 25.6. The first kappa shape index (κ1) is 28.0. The Morgan fingerprint density at radius 3 is 2.10 bits per heavy atom. The van der Waals surface area contributed by atoms with E-state index in [1.807, 2.05) is 42.5 Å². The van der Waals surface area contributed by atoms with Crippen molar-refractivity contribution in [3.63, 3.8) is 0 Å². The Labute approximate surface area is 246 Å². The molecule has 218 valence electrons. The highest BCUT2D eigenvalue weighted by Crippen LogP contribution is 2.44. The largest absolute Gasteiger partial charge is 0.480 e. The Morgan fingerprint density at radius 1 is 0.833 bits per heavy atom. The van der Waals surface area contributed by atoms with Crippen LogP contribution in [0.5, 0.6) is 0 Å². The maximum atomic E-state index is 14.2. The van der Waals surface area contributed by atoms with Crippen molar-refractivity contribution in [1.29, 1.82) is 0 Å². The first-order valence-electron chi connectivity index (χ1n) is 14.9. The number of hydrogen-bond donors (Lipinski definition) is 2. The van der Waals surface area contributed by atoms with Crippen LogP contribution in [0.2, 0.25) is 0 Å². The van der Waals surface area contributed by atoms with Crippen LogP contribution in [0.3, 0.4) is 0 Å². The van der Waals surface area contributed by atoms with Crippen LogP contribution >= 0.6 is 0 Å². The number of aliphatic carboxylic acids is 1. The van der Waals surface area contributed by atoms with Crippen LogP contribution < -0.4 is 5.32 Å². The van der Waals surface area contributed by atoms with E-state index in [1.54, 1.807) is 0 Å². The minimum absolute atomic E-state index is 0.0963. The number of fused-ring (bicyclic) bond motifs is 3. The van der Waals surface area contributed by atoms with Crippen LogP contribution in [0.4, 0.5) is 4.79 Å². The van der Waals surface area contributed by atoms with E-state index in [0.717, 1.165) is 41.6 Å². The van der Waals surface area contributed by atoms with Gasteiger partial charge in [-0.3, -0.25) is 9.69 Å². The predicted molar refractivity (Wildman–Crippen MR) is 159 cm³/mol. The number of likely N-dealkylation sites (tertiary alicyclic amines) is 2. The molecule has 2 aliphatic heterocycles. The zero-order valence-corrected chi connectivity index (χ0v) is 23.7. The first-order chi connectivity index (χ1) is 20.4. The Hall–Kier alpha value is -4.17. The van der Waals surface area contributed by atoms with Crippen molar-refractivity contribution < 1.29 is 24.2 Å². The average molecular weight is 568 g/mol. The van der Waals surface area contributed by atoms with Gasteiger partial charge in [0.05, 0.1) is 0 Å². The standard InChI is InChI=1S/C34H37N3O5/c38-31(39)30-16-8-9-19-37(30)32(40)34(17-20-36(21-18-34)22-24-10-2-1-3-11-24)35-33(41)42-23-29-27-14-6-4-12-25(27)26-13-5-7-15-28(26)29/h1-7,10-15,29-30H,8-9,16-23H2,(H,35,41)(H,38,39)/t30-/m1/s1. The first-order valence-corrected chi connectivity index (χ1v) is 14.9. The normalized spacial score (nSPS) is 19.9. The molecule has 3 aliphatic rings. The zero-order valence-electron chi connectivity index (χ0n) is 23.7. The van der Waals surface area contributed by atoms with Crippen molar-refractivity contribution in [3.8, 4) is 11.1 Å². The lowest BCUT2D eigenvalue weighted by Crippen LogP contribution is -2.66. The van der Waals surface area contributed by atoms with Crippen molar-refractivity contribution >= 4 is 18.0 Å². The van der Waals surface area contributed by atoms with Crippen LogP contribution in [-0.2, 0) is 20.9 Å². The third-order valence-electron chi connectivity index (χ3n) is 9.10. The van der Waals surface area contributed by atoms with Crippen molar-refractivity contribution in [2.75, 3.05) is 26.2 Å². The van der Waals surface area contributed by atoms with Crippen molar-refractivity contribution in [3.05, 3.63) is 95.6 Å². The monoisotopic (exact) mass is 567 g/mol. The average Bonchev–Trinajstić information content (AvgIpc) is 3.35. The highest BCUT2D eigenvalue weighted by Gasteiger charge is 2.48. The summed E-state index contributed by atoms with van der Waals surface area (Å²) in [6.07, 6.45) is 2.04. The van der Waals surface area contributed by atoms with Gasteiger partial charge in [0, 0.05) is 32.1 Å². The topological polar surface area (TPSA) is 99.2 Å². The summed E-state index contributed by atoms with van der Waals surface area (Å²) < 4.78 is 5.85. The lowest BCUT2D eigenvalue weighted by Gasteiger charge is -2.45. The Morgan fingerprint density at radius 2 is 1.45 bits per heavy atom. The number of carboxylic acid groups (broad SMARTS) is 1. The fourth-order valence-electron chi connectivity index (χ4n) is 6.86. The molecule has 2 amide bonds. The molecule has 0 bridgehead atoms. The molecule has 42 heavy (non-hydrogen) atoms. The molecule has 0 aromatic heterocycles. The van der Waals surface area contributed by atoms with Crippen LogP contribution in [-0.4, -0.2) is 70.7 Å². The van der Waals surface area contributed by atoms with Crippen molar-refractivity contribution in [2.24, 2.45) is 0 Å². The Balaban J connectivity index is 1.19. The number of alkyl carbamates (subject to hydrolysis) is 1. The van der Waals surface area contributed by atoms with Crippen LogP contribution in [0.25, 0.3) is 11.1 Å². The number of hydrogen-bond acceptors (Lipinski definition) is 5. The minimum Gasteiger partial charge on any atom is -0.480 e. The molecule has 2 heterocycles. The van der Waals surface area contributed by atoms with Crippen LogP contribution in [0, 0.1) is 0 Å². The van der Waals surface area contributed by atoms with Gasteiger partial charge in [-0.1, -0.05) is 78.9 Å². The van der Waals surface area contributed by atoms with Crippen LogP contribution in [0.1, 0.15) is 54.7 Å². The highest BCUT2D eigenvalue weighted by molar-refractivity contribution is 5.93. The number of nitrogens with zero attached hydrogens (tertiary/aromatic N) is 2. The Bertz CT molecular complexity index is 1400. The second-order valence-corrected chi connectivity index (χ2v) is 11.6. The molecule has 2 N–H and O–H groups in total. The smallest absolute Gasteiger partial charge is 0.408 e. The van der Waals surface area contributed by atoms with E-state index in [-0.39, 0.29) is 18.4 Å². The second-order valence-electron chi connectivity index (χ2n) is 11.6. The summed E-state index contributed by atoms with van der Waals surface area (Å²) in [5.74, 6) is -1.41. The number of nitrogens with one attached hydrogen (secondary N) is 1. The number of amides is 2. The second kappa shape index (κ2) is 12.0. The number of benzene rings is 3. The summed E-state index contributed by atoms with van der Waals surface area (Å²) in [5.41, 5.74) is 4.48. The zero-order chi connectivity index (χ0) is 29.1. The van der Waals surface area contributed by atoms with Gasteiger partial charge in [0.25, 0.3) is 0 Å². The van der Waals surface area contributed by atoms with Gasteiger partial charge in [0.2, 0.25) is 5.91 Å². The van der Waals surface area contributed by atoms with Gasteiger partial charge in [0.15, 0.2) is 0 Å². The molecule has 0 radical (unpaired) electrons. The summed E-state index contributed by atoms with van der Waals surface area (Å²) >= 11 is 0. The molecule has 1 atom stereocenters. The molecule has 8 nitrogen and oxygen atoms in total. The number of rotatable bonds is 7. The fourth-order valence-corrected chi connectivity index (χ4v) is 6.86. The minimum atomic E-state index is -1.22.